The predicted molar refractivity (Wildman–Crippen MR) is 90.4 cm³/mol. The summed E-state index contributed by atoms with van der Waals surface area (Å²) in [4.78, 5) is 16.2. The highest BCUT2D eigenvalue weighted by molar-refractivity contribution is 7.89. The molecule has 0 saturated heterocycles. The van der Waals surface area contributed by atoms with Crippen LogP contribution in [0.2, 0.25) is 0 Å². The van der Waals surface area contributed by atoms with Crippen LogP contribution in [0.1, 0.15) is 12.5 Å². The Labute approximate surface area is 141 Å². The van der Waals surface area contributed by atoms with E-state index in [-0.39, 0.29) is 4.90 Å². The number of hydrogen-bond acceptors (Lipinski definition) is 5. The van der Waals surface area contributed by atoms with Gasteiger partial charge < -0.3 is 10.1 Å². The van der Waals surface area contributed by atoms with Gasteiger partial charge in [-0.3, -0.25) is 4.79 Å². The molecule has 1 amide bonds. The Morgan fingerprint density at radius 3 is 2.38 bits per heavy atom. The number of aryl methyl sites for hydroxylation is 1. The molecule has 2 aromatic rings. The standard InChI is InChI=1S/C16H19N3O4S/c1-11-4-9-15(17-10-11)18-16(20)12(2)19-24(21,22)14-7-5-13(23-3)6-8-14/h4-10,12,19H,1-3H3,(H,17,18,20). The fourth-order valence-corrected chi connectivity index (χ4v) is 3.09. The normalized spacial score (nSPS) is 12.5. The van der Waals surface area contributed by atoms with Gasteiger partial charge in [-0.05, 0) is 49.7 Å². The molecule has 0 fully saturated rings. The quantitative estimate of drug-likeness (QED) is 0.827. The molecular formula is C16H19N3O4S. The van der Waals surface area contributed by atoms with Crippen molar-refractivity contribution in [2.45, 2.75) is 24.8 Å². The van der Waals surface area contributed by atoms with E-state index in [1.807, 2.05) is 6.92 Å². The monoisotopic (exact) mass is 349 g/mol. The zero-order valence-corrected chi connectivity index (χ0v) is 14.4. The minimum Gasteiger partial charge on any atom is -0.497 e. The van der Waals surface area contributed by atoms with E-state index in [9.17, 15) is 13.2 Å². The number of anilines is 1. The van der Waals surface area contributed by atoms with Crippen LogP contribution in [0.15, 0.2) is 47.5 Å². The molecule has 2 N–H and O–H groups in total. The summed E-state index contributed by atoms with van der Waals surface area (Å²) in [5.74, 6) is 0.412. The largest absolute Gasteiger partial charge is 0.497 e. The summed E-state index contributed by atoms with van der Waals surface area (Å²) in [7, 11) is -2.32. The number of sulfonamides is 1. The average molecular weight is 349 g/mol. The van der Waals surface area contributed by atoms with Gasteiger partial charge in [-0.25, -0.2) is 13.4 Å². The number of ether oxygens (including phenoxy) is 1. The van der Waals surface area contributed by atoms with Crippen molar-refractivity contribution >= 4 is 21.7 Å². The Hall–Kier alpha value is -2.45. The van der Waals surface area contributed by atoms with Gasteiger partial charge >= 0.3 is 0 Å². The lowest BCUT2D eigenvalue weighted by molar-refractivity contribution is -0.117. The van der Waals surface area contributed by atoms with Crippen LogP contribution < -0.4 is 14.8 Å². The molecule has 0 aliphatic heterocycles. The molecule has 7 nitrogen and oxygen atoms in total. The SMILES string of the molecule is COc1ccc(S(=O)(=O)NC(C)C(=O)Nc2ccc(C)cn2)cc1. The Morgan fingerprint density at radius 1 is 1.17 bits per heavy atom. The molecule has 0 radical (unpaired) electrons. The lowest BCUT2D eigenvalue weighted by atomic mass is 10.3. The Morgan fingerprint density at radius 2 is 1.83 bits per heavy atom. The highest BCUT2D eigenvalue weighted by Crippen LogP contribution is 2.15. The Kier molecular flexibility index (Phi) is 5.53. The van der Waals surface area contributed by atoms with E-state index in [1.165, 1.54) is 38.3 Å². The zero-order valence-electron chi connectivity index (χ0n) is 13.6. The van der Waals surface area contributed by atoms with E-state index < -0.39 is 22.0 Å². The number of rotatable bonds is 6. The Balaban J connectivity index is 2.04. The van der Waals surface area contributed by atoms with Crippen LogP contribution in [0.25, 0.3) is 0 Å². The summed E-state index contributed by atoms with van der Waals surface area (Å²) in [6, 6.07) is 8.39. The van der Waals surface area contributed by atoms with Gasteiger partial charge in [-0.1, -0.05) is 6.07 Å². The van der Waals surface area contributed by atoms with E-state index in [0.717, 1.165) is 5.56 Å². The van der Waals surface area contributed by atoms with E-state index in [1.54, 1.807) is 18.3 Å². The number of nitrogens with zero attached hydrogens (tertiary/aromatic N) is 1. The molecule has 1 aromatic heterocycles. The topological polar surface area (TPSA) is 97.4 Å². The number of carbonyl (C=O) groups is 1. The highest BCUT2D eigenvalue weighted by Gasteiger charge is 2.22. The number of methoxy groups -OCH3 is 1. The van der Waals surface area contributed by atoms with Crippen molar-refractivity contribution in [3.8, 4) is 5.75 Å². The molecule has 2 rings (SSSR count). The lowest BCUT2D eigenvalue weighted by Crippen LogP contribution is -2.41. The molecule has 24 heavy (non-hydrogen) atoms. The third-order valence-electron chi connectivity index (χ3n) is 3.26. The van der Waals surface area contributed by atoms with Crippen molar-refractivity contribution in [3.63, 3.8) is 0 Å². The molecule has 0 aliphatic carbocycles. The first-order chi connectivity index (χ1) is 11.3. The molecule has 1 aromatic carbocycles. The van der Waals surface area contributed by atoms with Crippen molar-refractivity contribution in [3.05, 3.63) is 48.2 Å². The third kappa shape index (κ3) is 4.53. The molecule has 0 saturated carbocycles. The zero-order chi connectivity index (χ0) is 17.7. The summed E-state index contributed by atoms with van der Waals surface area (Å²) in [5, 5.41) is 2.56. The number of nitrogens with one attached hydrogen (secondary N) is 2. The van der Waals surface area contributed by atoms with Crippen LogP contribution in [-0.2, 0) is 14.8 Å². The Bertz CT molecular complexity index is 802. The van der Waals surface area contributed by atoms with E-state index in [2.05, 4.69) is 15.0 Å². The molecule has 1 atom stereocenters. The second kappa shape index (κ2) is 7.41. The molecule has 128 valence electrons. The van der Waals surface area contributed by atoms with Crippen molar-refractivity contribution < 1.29 is 17.9 Å². The summed E-state index contributed by atoms with van der Waals surface area (Å²) in [6.45, 7) is 3.34. The van der Waals surface area contributed by atoms with Crippen LogP contribution in [0.4, 0.5) is 5.82 Å². The highest BCUT2D eigenvalue weighted by atomic mass is 32.2. The second-order valence-corrected chi connectivity index (χ2v) is 6.94. The molecule has 1 unspecified atom stereocenters. The molecule has 0 aliphatic rings. The van der Waals surface area contributed by atoms with Gasteiger partial charge in [0, 0.05) is 6.20 Å². The number of carbonyl (C=O) groups excluding carboxylic acids is 1. The molecule has 0 bridgehead atoms. The van der Waals surface area contributed by atoms with Gasteiger partial charge in [0.05, 0.1) is 18.0 Å². The van der Waals surface area contributed by atoms with Crippen LogP contribution in [0.5, 0.6) is 5.75 Å². The van der Waals surface area contributed by atoms with Crippen LogP contribution in [-0.4, -0.2) is 32.5 Å². The van der Waals surface area contributed by atoms with E-state index in [4.69, 9.17) is 4.74 Å². The summed E-state index contributed by atoms with van der Waals surface area (Å²) >= 11 is 0. The van der Waals surface area contributed by atoms with Gasteiger partial charge in [-0.2, -0.15) is 4.72 Å². The van der Waals surface area contributed by atoms with Gasteiger partial charge in [0.2, 0.25) is 15.9 Å². The predicted octanol–water partition coefficient (Wildman–Crippen LogP) is 1.70. The van der Waals surface area contributed by atoms with Gasteiger partial charge in [-0.15, -0.1) is 0 Å². The maximum atomic E-state index is 12.3. The van der Waals surface area contributed by atoms with Gasteiger partial charge in [0.15, 0.2) is 0 Å². The molecule has 8 heteroatoms. The molecule has 1 heterocycles. The number of aromatic nitrogens is 1. The number of pyridine rings is 1. The average Bonchev–Trinajstić information content (AvgIpc) is 2.56. The van der Waals surface area contributed by atoms with E-state index in [0.29, 0.717) is 11.6 Å². The maximum absolute atomic E-state index is 12.3. The fourth-order valence-electron chi connectivity index (χ4n) is 1.89. The van der Waals surface area contributed by atoms with Gasteiger partial charge in [0.1, 0.15) is 11.6 Å². The van der Waals surface area contributed by atoms with Crippen molar-refractivity contribution in [2.24, 2.45) is 0 Å². The third-order valence-corrected chi connectivity index (χ3v) is 4.81. The van der Waals surface area contributed by atoms with Crippen LogP contribution >= 0.6 is 0 Å². The number of hydrogen-bond donors (Lipinski definition) is 2. The van der Waals surface area contributed by atoms with Gasteiger partial charge in [0.25, 0.3) is 0 Å². The minimum atomic E-state index is -3.82. The second-order valence-electron chi connectivity index (χ2n) is 5.23. The molecular weight excluding hydrogens is 330 g/mol. The first-order valence-electron chi connectivity index (χ1n) is 7.22. The first kappa shape index (κ1) is 17.9. The smallest absolute Gasteiger partial charge is 0.243 e. The maximum Gasteiger partial charge on any atom is 0.243 e. The number of benzene rings is 1. The lowest BCUT2D eigenvalue weighted by Gasteiger charge is -2.14. The summed E-state index contributed by atoms with van der Waals surface area (Å²) in [5.41, 5.74) is 0.959. The van der Waals surface area contributed by atoms with Crippen molar-refractivity contribution in [2.75, 3.05) is 12.4 Å². The first-order valence-corrected chi connectivity index (χ1v) is 8.70. The van der Waals surface area contributed by atoms with Crippen molar-refractivity contribution in [1.29, 1.82) is 0 Å². The van der Waals surface area contributed by atoms with Crippen LogP contribution in [0, 0.1) is 6.92 Å². The fraction of sp³-hybridized carbons (Fsp3) is 0.250. The van der Waals surface area contributed by atoms with Crippen LogP contribution in [0.3, 0.4) is 0 Å². The minimum absolute atomic E-state index is 0.0522. The summed E-state index contributed by atoms with van der Waals surface area (Å²) < 4.78 is 31.9. The number of amides is 1. The van der Waals surface area contributed by atoms with E-state index >= 15 is 0 Å². The van der Waals surface area contributed by atoms with Crippen molar-refractivity contribution in [1.82, 2.24) is 9.71 Å². The summed E-state index contributed by atoms with van der Waals surface area (Å²) in [6.07, 6.45) is 1.61. The molecule has 0 spiro atoms.